The van der Waals surface area contributed by atoms with Gasteiger partial charge in [-0.1, -0.05) is 18.2 Å². The third-order valence-electron chi connectivity index (χ3n) is 3.80. The van der Waals surface area contributed by atoms with Crippen LogP contribution in [0.4, 0.5) is 0 Å². The van der Waals surface area contributed by atoms with E-state index in [2.05, 4.69) is 33.5 Å². The van der Waals surface area contributed by atoms with Gasteiger partial charge in [-0.05, 0) is 49.4 Å². The number of hydrogen-bond donors (Lipinski definition) is 2. The van der Waals surface area contributed by atoms with Gasteiger partial charge in [-0.2, -0.15) is 0 Å². The van der Waals surface area contributed by atoms with Crippen molar-refractivity contribution in [2.75, 3.05) is 7.05 Å². The molecule has 3 nitrogen and oxygen atoms in total. The van der Waals surface area contributed by atoms with Gasteiger partial charge in [0.2, 0.25) is 0 Å². The molecule has 1 aromatic carbocycles. The Morgan fingerprint density at radius 1 is 1.33 bits per heavy atom. The molecule has 0 aliphatic heterocycles. The van der Waals surface area contributed by atoms with E-state index in [1.165, 1.54) is 30.4 Å². The number of H-pyrrole nitrogens is 1. The highest BCUT2D eigenvalue weighted by Crippen LogP contribution is 2.24. The molecular weight excluding hydrogens is 222 g/mol. The standard InChI is InChI=1S/C15H19N3/c1-16-14(15-17-7-8-18-15)10-11-5-6-12-3-2-4-13(12)9-11/h5-9,14,16H,2-4,10H2,1H3,(H,17,18). The second-order valence-corrected chi connectivity index (χ2v) is 4.98. The first-order valence-corrected chi connectivity index (χ1v) is 6.64. The highest BCUT2D eigenvalue weighted by atomic mass is 15.0. The molecule has 2 aromatic rings. The molecule has 3 rings (SSSR count). The SMILES string of the molecule is CNC(Cc1ccc2c(c1)CCC2)c1ncc[nH]1. The molecule has 0 amide bonds. The third kappa shape index (κ3) is 2.18. The highest BCUT2D eigenvalue weighted by Gasteiger charge is 2.15. The summed E-state index contributed by atoms with van der Waals surface area (Å²) in [7, 11) is 1.99. The second-order valence-electron chi connectivity index (χ2n) is 4.98. The summed E-state index contributed by atoms with van der Waals surface area (Å²) >= 11 is 0. The van der Waals surface area contributed by atoms with Crippen LogP contribution in [0.1, 0.15) is 35.0 Å². The first-order valence-electron chi connectivity index (χ1n) is 6.64. The topological polar surface area (TPSA) is 40.7 Å². The average Bonchev–Trinajstić information content (AvgIpc) is 3.06. The number of aromatic nitrogens is 2. The van der Waals surface area contributed by atoms with Crippen LogP contribution in [0.3, 0.4) is 0 Å². The van der Waals surface area contributed by atoms with Crippen molar-refractivity contribution < 1.29 is 0 Å². The first-order chi connectivity index (χ1) is 8.86. The Bertz CT molecular complexity index is 517. The fourth-order valence-corrected chi connectivity index (χ4v) is 2.79. The number of aromatic amines is 1. The summed E-state index contributed by atoms with van der Waals surface area (Å²) in [5, 5.41) is 3.33. The van der Waals surface area contributed by atoms with Crippen molar-refractivity contribution in [2.24, 2.45) is 0 Å². The molecule has 1 atom stereocenters. The van der Waals surface area contributed by atoms with Gasteiger partial charge in [0.15, 0.2) is 0 Å². The van der Waals surface area contributed by atoms with E-state index < -0.39 is 0 Å². The first kappa shape index (κ1) is 11.5. The number of hydrogen-bond acceptors (Lipinski definition) is 2. The van der Waals surface area contributed by atoms with Crippen LogP contribution in [-0.4, -0.2) is 17.0 Å². The Labute approximate surface area is 108 Å². The number of rotatable bonds is 4. The monoisotopic (exact) mass is 241 g/mol. The summed E-state index contributed by atoms with van der Waals surface area (Å²) in [5.74, 6) is 1.01. The maximum Gasteiger partial charge on any atom is 0.123 e. The van der Waals surface area contributed by atoms with E-state index in [4.69, 9.17) is 0 Å². The van der Waals surface area contributed by atoms with Crippen molar-refractivity contribution >= 4 is 0 Å². The molecule has 0 fully saturated rings. The van der Waals surface area contributed by atoms with Gasteiger partial charge in [-0.15, -0.1) is 0 Å². The van der Waals surface area contributed by atoms with Crippen molar-refractivity contribution in [1.82, 2.24) is 15.3 Å². The van der Waals surface area contributed by atoms with Crippen LogP contribution in [0, 0.1) is 0 Å². The molecule has 18 heavy (non-hydrogen) atoms. The van der Waals surface area contributed by atoms with E-state index in [0.29, 0.717) is 0 Å². The lowest BCUT2D eigenvalue weighted by Gasteiger charge is -2.14. The zero-order valence-electron chi connectivity index (χ0n) is 10.7. The van der Waals surface area contributed by atoms with Crippen molar-refractivity contribution in [2.45, 2.75) is 31.7 Å². The summed E-state index contributed by atoms with van der Waals surface area (Å²) in [5.41, 5.74) is 4.48. The fourth-order valence-electron chi connectivity index (χ4n) is 2.79. The zero-order chi connectivity index (χ0) is 12.4. The quantitative estimate of drug-likeness (QED) is 0.863. The van der Waals surface area contributed by atoms with Crippen LogP contribution in [-0.2, 0) is 19.3 Å². The predicted octanol–water partition coefficient (Wildman–Crippen LogP) is 2.40. The summed E-state index contributed by atoms with van der Waals surface area (Å²) in [6.45, 7) is 0. The Balaban J connectivity index is 1.79. The number of benzene rings is 1. The van der Waals surface area contributed by atoms with Crippen LogP contribution in [0.15, 0.2) is 30.6 Å². The van der Waals surface area contributed by atoms with Gasteiger partial charge < -0.3 is 10.3 Å². The molecule has 0 saturated heterocycles. The van der Waals surface area contributed by atoms with E-state index in [0.717, 1.165) is 12.2 Å². The van der Waals surface area contributed by atoms with E-state index >= 15 is 0 Å². The number of nitrogens with zero attached hydrogens (tertiary/aromatic N) is 1. The van der Waals surface area contributed by atoms with Gasteiger partial charge >= 0.3 is 0 Å². The van der Waals surface area contributed by atoms with Crippen LogP contribution < -0.4 is 5.32 Å². The van der Waals surface area contributed by atoms with Gasteiger partial charge in [0.05, 0.1) is 6.04 Å². The van der Waals surface area contributed by atoms with E-state index in [-0.39, 0.29) is 6.04 Å². The Morgan fingerprint density at radius 3 is 3.00 bits per heavy atom. The van der Waals surface area contributed by atoms with Gasteiger partial charge in [0.1, 0.15) is 5.82 Å². The molecule has 1 aliphatic rings. The Hall–Kier alpha value is -1.61. The third-order valence-corrected chi connectivity index (χ3v) is 3.80. The van der Waals surface area contributed by atoms with E-state index in [1.54, 1.807) is 5.56 Å². The predicted molar refractivity (Wildman–Crippen MR) is 72.6 cm³/mol. The minimum absolute atomic E-state index is 0.263. The minimum Gasteiger partial charge on any atom is -0.347 e. The van der Waals surface area contributed by atoms with Crippen molar-refractivity contribution in [1.29, 1.82) is 0 Å². The zero-order valence-corrected chi connectivity index (χ0v) is 10.7. The van der Waals surface area contributed by atoms with Crippen LogP contribution in [0.5, 0.6) is 0 Å². The summed E-state index contributed by atoms with van der Waals surface area (Å²) < 4.78 is 0. The molecule has 94 valence electrons. The van der Waals surface area contributed by atoms with E-state index in [1.807, 2.05) is 19.4 Å². The molecule has 3 heteroatoms. The Kier molecular flexibility index (Phi) is 3.15. The number of nitrogens with one attached hydrogen (secondary N) is 2. The normalized spacial score (nSPS) is 15.6. The molecule has 0 bridgehead atoms. The summed E-state index contributed by atoms with van der Waals surface area (Å²) in [4.78, 5) is 7.53. The molecule has 0 saturated carbocycles. The maximum atomic E-state index is 4.34. The smallest absolute Gasteiger partial charge is 0.123 e. The van der Waals surface area contributed by atoms with Crippen molar-refractivity contribution in [3.05, 3.63) is 53.1 Å². The number of imidazole rings is 1. The van der Waals surface area contributed by atoms with Crippen LogP contribution >= 0.6 is 0 Å². The molecule has 0 spiro atoms. The molecule has 2 N–H and O–H groups in total. The Morgan fingerprint density at radius 2 is 2.22 bits per heavy atom. The van der Waals surface area contributed by atoms with Gasteiger partial charge in [0.25, 0.3) is 0 Å². The lowest BCUT2D eigenvalue weighted by atomic mass is 10.0. The van der Waals surface area contributed by atoms with Gasteiger partial charge in [0, 0.05) is 12.4 Å². The molecule has 1 unspecified atom stereocenters. The van der Waals surface area contributed by atoms with E-state index in [9.17, 15) is 0 Å². The van der Waals surface area contributed by atoms with Crippen molar-refractivity contribution in [3.63, 3.8) is 0 Å². The molecule has 0 radical (unpaired) electrons. The second kappa shape index (κ2) is 4.94. The fraction of sp³-hybridized carbons (Fsp3) is 0.400. The number of aryl methyl sites for hydroxylation is 2. The van der Waals surface area contributed by atoms with Gasteiger partial charge in [-0.25, -0.2) is 4.98 Å². The maximum absolute atomic E-state index is 4.34. The van der Waals surface area contributed by atoms with Crippen LogP contribution in [0.25, 0.3) is 0 Å². The highest BCUT2D eigenvalue weighted by molar-refractivity contribution is 5.35. The lowest BCUT2D eigenvalue weighted by molar-refractivity contribution is 0.563. The number of fused-ring (bicyclic) bond motifs is 1. The average molecular weight is 241 g/mol. The van der Waals surface area contributed by atoms with Gasteiger partial charge in [-0.3, -0.25) is 0 Å². The lowest BCUT2D eigenvalue weighted by Crippen LogP contribution is -2.20. The summed E-state index contributed by atoms with van der Waals surface area (Å²) in [6, 6.07) is 7.19. The van der Waals surface area contributed by atoms with Crippen molar-refractivity contribution in [3.8, 4) is 0 Å². The minimum atomic E-state index is 0.263. The molecule has 1 heterocycles. The summed E-state index contributed by atoms with van der Waals surface area (Å²) in [6.07, 6.45) is 8.48. The number of likely N-dealkylation sites (N-methyl/N-ethyl adjacent to an activating group) is 1. The molecular formula is C15H19N3. The van der Waals surface area contributed by atoms with Crippen LogP contribution in [0.2, 0.25) is 0 Å². The molecule has 1 aliphatic carbocycles. The molecule has 1 aromatic heterocycles. The largest absolute Gasteiger partial charge is 0.347 e.